The molecule has 2 aromatic heterocycles. The Morgan fingerprint density at radius 1 is 1.03 bits per heavy atom. The molecule has 0 spiro atoms. The van der Waals surface area contributed by atoms with E-state index < -0.39 is 0 Å². The zero-order chi connectivity index (χ0) is 21.9. The molecule has 4 heterocycles. The number of nitrogen functional groups attached to an aromatic ring is 2. The summed E-state index contributed by atoms with van der Waals surface area (Å²) in [5, 5.41) is 11.3. The number of anilines is 4. The van der Waals surface area contributed by atoms with Gasteiger partial charge in [-0.05, 0) is 26.7 Å². The van der Waals surface area contributed by atoms with Gasteiger partial charge in [0, 0.05) is 30.1 Å². The maximum Gasteiger partial charge on any atom is 0.233 e. The number of carbonyl (C=O) groups excluding carboxylic acids is 1. The van der Waals surface area contributed by atoms with Crippen LogP contribution in [0.5, 0.6) is 0 Å². The number of hydrogen-bond acceptors (Lipinski definition) is 8. The van der Waals surface area contributed by atoms with Gasteiger partial charge in [0.05, 0.1) is 24.0 Å². The Morgan fingerprint density at radius 3 is 2.26 bits per heavy atom. The van der Waals surface area contributed by atoms with Crippen molar-refractivity contribution in [2.45, 2.75) is 64.2 Å². The number of ether oxygens (including phenoxy) is 1. The fourth-order valence-electron chi connectivity index (χ4n) is 5.45. The van der Waals surface area contributed by atoms with Crippen LogP contribution in [0, 0.1) is 11.3 Å². The monoisotopic (exact) mass is 421 g/mol. The first-order valence-corrected chi connectivity index (χ1v) is 10.9. The lowest BCUT2D eigenvalue weighted by molar-refractivity contribution is -0.117. The molecule has 1 amide bonds. The van der Waals surface area contributed by atoms with E-state index in [9.17, 15) is 10.1 Å². The molecule has 1 saturated carbocycles. The number of nitriles is 1. The lowest BCUT2D eigenvalue weighted by Gasteiger charge is -2.36. The summed E-state index contributed by atoms with van der Waals surface area (Å²) in [6.45, 7) is 5.20. The Kier molecular flexibility index (Phi) is 4.63. The Labute approximate surface area is 181 Å². The molecule has 2 aliphatic heterocycles. The molecule has 31 heavy (non-hydrogen) atoms. The van der Waals surface area contributed by atoms with E-state index in [1.54, 1.807) is 4.90 Å². The summed E-state index contributed by atoms with van der Waals surface area (Å²) in [5.41, 5.74) is 13.8. The maximum atomic E-state index is 13.0. The van der Waals surface area contributed by atoms with Crippen molar-refractivity contribution in [1.82, 2.24) is 9.97 Å². The van der Waals surface area contributed by atoms with Gasteiger partial charge >= 0.3 is 0 Å². The average molecular weight is 422 g/mol. The average Bonchev–Trinajstić information content (AvgIpc) is 3.33. The molecular formula is C22H27N7O2. The molecule has 2 atom stereocenters. The molecule has 5 rings (SSSR count). The first-order valence-electron chi connectivity index (χ1n) is 10.9. The molecule has 9 heteroatoms. The van der Waals surface area contributed by atoms with Gasteiger partial charge in [-0.2, -0.15) is 5.26 Å². The normalized spacial score (nSPS) is 24.1. The summed E-state index contributed by atoms with van der Waals surface area (Å²) < 4.78 is 5.84. The highest BCUT2D eigenvalue weighted by Crippen LogP contribution is 2.44. The van der Waals surface area contributed by atoms with E-state index >= 15 is 0 Å². The number of amides is 1. The van der Waals surface area contributed by atoms with Crippen LogP contribution in [0.1, 0.15) is 50.7 Å². The molecule has 0 radical (unpaired) electrons. The third-order valence-corrected chi connectivity index (χ3v) is 6.61. The van der Waals surface area contributed by atoms with Crippen molar-refractivity contribution in [3.05, 3.63) is 11.1 Å². The summed E-state index contributed by atoms with van der Waals surface area (Å²) in [4.78, 5) is 26.0. The van der Waals surface area contributed by atoms with E-state index in [1.165, 1.54) is 0 Å². The molecule has 1 aliphatic carbocycles. The van der Waals surface area contributed by atoms with Gasteiger partial charge in [0.1, 0.15) is 34.9 Å². The molecule has 1 saturated heterocycles. The fourth-order valence-corrected chi connectivity index (χ4v) is 5.45. The summed E-state index contributed by atoms with van der Waals surface area (Å²) in [6, 6.07) is 2.48. The Balaban J connectivity index is 1.74. The Morgan fingerprint density at radius 2 is 1.65 bits per heavy atom. The smallest absolute Gasteiger partial charge is 0.233 e. The quantitative estimate of drug-likeness (QED) is 0.753. The number of aromatic nitrogens is 2. The molecule has 162 valence electrons. The lowest BCUT2D eigenvalue weighted by Crippen LogP contribution is -2.46. The highest BCUT2D eigenvalue weighted by atomic mass is 16.5. The van der Waals surface area contributed by atoms with Crippen LogP contribution in [0.25, 0.3) is 10.8 Å². The Bertz CT molecular complexity index is 1110. The summed E-state index contributed by atoms with van der Waals surface area (Å²) >= 11 is 0. The first kappa shape index (κ1) is 19.8. The number of nitrogens with zero attached hydrogens (tertiary/aromatic N) is 5. The number of morpholine rings is 1. The second kappa shape index (κ2) is 7.24. The molecule has 4 N–H and O–H groups in total. The van der Waals surface area contributed by atoms with Gasteiger partial charge in [-0.1, -0.05) is 12.8 Å². The van der Waals surface area contributed by atoms with Crippen LogP contribution in [0.3, 0.4) is 0 Å². The molecule has 0 aromatic carbocycles. The van der Waals surface area contributed by atoms with Crippen LogP contribution in [0.2, 0.25) is 0 Å². The second-order valence-electron chi connectivity index (χ2n) is 8.90. The van der Waals surface area contributed by atoms with Gasteiger partial charge in [-0.25, -0.2) is 9.97 Å². The van der Waals surface area contributed by atoms with Gasteiger partial charge in [0.2, 0.25) is 5.91 Å². The molecule has 0 unspecified atom stereocenters. The van der Waals surface area contributed by atoms with Crippen molar-refractivity contribution < 1.29 is 9.53 Å². The van der Waals surface area contributed by atoms with Crippen LogP contribution in [0.15, 0.2) is 0 Å². The SMILES string of the molecule is C[C@@H]1CN(c2nc(N)c3c(N)nc4c(c3c2C#N)CC(=O)N4C2CCCC2)C[C@@H](C)O1. The number of carbonyl (C=O) groups is 1. The van der Waals surface area contributed by atoms with E-state index in [4.69, 9.17) is 16.2 Å². The second-order valence-corrected chi connectivity index (χ2v) is 8.90. The third kappa shape index (κ3) is 3.05. The minimum atomic E-state index is 0.00155. The summed E-state index contributed by atoms with van der Waals surface area (Å²) in [7, 11) is 0. The highest BCUT2D eigenvalue weighted by Gasteiger charge is 2.39. The van der Waals surface area contributed by atoms with Crippen LogP contribution in [-0.2, 0) is 16.0 Å². The number of pyridine rings is 2. The zero-order valence-electron chi connectivity index (χ0n) is 17.9. The number of nitrogens with two attached hydrogens (primary N) is 2. The van der Waals surface area contributed by atoms with Crippen molar-refractivity contribution in [3.8, 4) is 6.07 Å². The topological polar surface area (TPSA) is 134 Å². The highest BCUT2D eigenvalue weighted by molar-refractivity contribution is 6.13. The summed E-state index contributed by atoms with van der Waals surface area (Å²) in [6.07, 6.45) is 4.33. The summed E-state index contributed by atoms with van der Waals surface area (Å²) in [5.74, 6) is 1.56. The zero-order valence-corrected chi connectivity index (χ0v) is 17.9. The van der Waals surface area contributed by atoms with Crippen LogP contribution >= 0.6 is 0 Å². The standard InChI is InChI=1S/C22H27N7O2/c1-11-9-28(10-12(2)31-11)21-15(8-23)17-14-7-16(30)29(13-5-3-4-6-13)22(14)27-20(25)18(17)19(24)26-21/h11-13H,3-7,9-10H2,1-2H3,(H2,24,26)(H2,25,27)/t11-,12-/m1/s1. The predicted molar refractivity (Wildman–Crippen MR) is 119 cm³/mol. The fraction of sp³-hybridized carbons (Fsp3) is 0.545. The van der Waals surface area contributed by atoms with Gasteiger partial charge in [0.25, 0.3) is 0 Å². The van der Waals surface area contributed by atoms with Crippen molar-refractivity contribution >= 4 is 40.0 Å². The van der Waals surface area contributed by atoms with E-state index in [2.05, 4.69) is 16.0 Å². The minimum absolute atomic E-state index is 0.00155. The number of rotatable bonds is 2. The molecule has 2 aromatic rings. The van der Waals surface area contributed by atoms with Crippen LogP contribution in [0.4, 0.5) is 23.3 Å². The molecule has 2 fully saturated rings. The lowest BCUT2D eigenvalue weighted by atomic mass is 10.00. The maximum absolute atomic E-state index is 13.0. The van der Waals surface area contributed by atoms with E-state index in [1.807, 2.05) is 18.7 Å². The minimum Gasteiger partial charge on any atom is -0.383 e. The van der Waals surface area contributed by atoms with E-state index in [0.29, 0.717) is 41.1 Å². The number of hydrogen-bond donors (Lipinski definition) is 2. The van der Waals surface area contributed by atoms with E-state index in [0.717, 1.165) is 31.2 Å². The first-order chi connectivity index (χ1) is 14.9. The van der Waals surface area contributed by atoms with Crippen molar-refractivity contribution in [2.75, 3.05) is 34.4 Å². The molecule has 0 bridgehead atoms. The molecule has 3 aliphatic rings. The largest absolute Gasteiger partial charge is 0.383 e. The molecular weight excluding hydrogens is 394 g/mol. The van der Waals surface area contributed by atoms with Crippen LogP contribution < -0.4 is 21.3 Å². The van der Waals surface area contributed by atoms with Gasteiger partial charge in [0.15, 0.2) is 0 Å². The predicted octanol–water partition coefficient (Wildman–Crippen LogP) is 2.11. The van der Waals surface area contributed by atoms with Crippen LogP contribution in [-0.4, -0.2) is 47.2 Å². The van der Waals surface area contributed by atoms with Gasteiger partial charge in [-0.15, -0.1) is 0 Å². The van der Waals surface area contributed by atoms with E-state index in [-0.39, 0.29) is 42.2 Å². The van der Waals surface area contributed by atoms with Crippen molar-refractivity contribution in [2.24, 2.45) is 0 Å². The van der Waals surface area contributed by atoms with Crippen molar-refractivity contribution in [1.29, 1.82) is 5.26 Å². The van der Waals surface area contributed by atoms with Gasteiger partial charge in [-0.3, -0.25) is 9.69 Å². The number of fused-ring (bicyclic) bond motifs is 3. The third-order valence-electron chi connectivity index (χ3n) is 6.61. The van der Waals surface area contributed by atoms with Crippen molar-refractivity contribution in [3.63, 3.8) is 0 Å². The molecule has 9 nitrogen and oxygen atoms in total. The Hall–Kier alpha value is -3.12. The van der Waals surface area contributed by atoms with Gasteiger partial charge < -0.3 is 21.1 Å².